The minimum atomic E-state index is -0.451. The molecule has 0 spiro atoms. The summed E-state index contributed by atoms with van der Waals surface area (Å²) >= 11 is 13.5. The fraction of sp³-hybridized carbons (Fsp3) is 0.417. The third kappa shape index (κ3) is 2.60. The Morgan fingerprint density at radius 2 is 2.22 bits per heavy atom. The number of hydrogen-bond donors (Lipinski definition) is 0. The van der Waals surface area contributed by atoms with Crippen LogP contribution in [-0.2, 0) is 12.4 Å². The number of nitrogens with zero attached hydrogens (tertiary/aromatic N) is 2. The summed E-state index contributed by atoms with van der Waals surface area (Å²) in [5.74, 6) is 0.594. The molecule has 0 saturated carbocycles. The summed E-state index contributed by atoms with van der Waals surface area (Å²) in [6, 6.07) is 2.97. The van der Waals surface area contributed by atoms with Crippen molar-refractivity contribution in [1.29, 1.82) is 0 Å². The molecule has 0 aliphatic heterocycles. The van der Waals surface area contributed by atoms with Crippen molar-refractivity contribution < 1.29 is 4.39 Å². The molecule has 1 aromatic carbocycles. The highest BCUT2D eigenvalue weighted by Gasteiger charge is 2.14. The Hall–Kier alpha value is -0.450. The van der Waals surface area contributed by atoms with Crippen LogP contribution in [0.15, 0.2) is 12.1 Å². The first-order valence-electron chi connectivity index (χ1n) is 5.49. The van der Waals surface area contributed by atoms with Crippen molar-refractivity contribution in [2.75, 3.05) is 6.26 Å². The van der Waals surface area contributed by atoms with Gasteiger partial charge >= 0.3 is 0 Å². The van der Waals surface area contributed by atoms with Crippen molar-refractivity contribution in [3.8, 4) is 0 Å². The van der Waals surface area contributed by atoms with E-state index >= 15 is 0 Å². The Morgan fingerprint density at radius 1 is 1.50 bits per heavy atom. The summed E-state index contributed by atoms with van der Waals surface area (Å²) in [6.07, 6.45) is 2.05. The minimum Gasteiger partial charge on any atom is -0.326 e. The van der Waals surface area contributed by atoms with Crippen LogP contribution in [0.2, 0.25) is 5.02 Å². The standard InChI is InChI=1S/C12H13Cl2FN2S/c1-7(18-2)6-17-11-3-8(14)9(15)4-10(11)16-12(17)5-13/h3-4,7H,5-6H2,1-2H3. The van der Waals surface area contributed by atoms with Gasteiger partial charge in [0.1, 0.15) is 11.6 Å². The van der Waals surface area contributed by atoms with E-state index in [0.29, 0.717) is 16.6 Å². The monoisotopic (exact) mass is 306 g/mol. The van der Waals surface area contributed by atoms with Crippen molar-refractivity contribution >= 4 is 46.0 Å². The van der Waals surface area contributed by atoms with Gasteiger partial charge in [-0.3, -0.25) is 0 Å². The van der Waals surface area contributed by atoms with Crippen molar-refractivity contribution in [2.24, 2.45) is 0 Å². The Labute approximate surface area is 119 Å². The Morgan fingerprint density at radius 3 is 2.83 bits per heavy atom. The molecule has 1 aromatic heterocycles. The number of hydrogen-bond acceptors (Lipinski definition) is 2. The van der Waals surface area contributed by atoms with Gasteiger partial charge in [-0.1, -0.05) is 18.5 Å². The number of benzene rings is 1. The summed E-state index contributed by atoms with van der Waals surface area (Å²) in [4.78, 5) is 4.34. The Kier molecular flexibility index (Phi) is 4.41. The van der Waals surface area contributed by atoms with Gasteiger partial charge in [0, 0.05) is 17.9 Å². The van der Waals surface area contributed by atoms with Crippen LogP contribution in [0, 0.1) is 5.82 Å². The quantitative estimate of drug-likeness (QED) is 0.783. The average molecular weight is 307 g/mol. The lowest BCUT2D eigenvalue weighted by Gasteiger charge is -2.12. The third-order valence-corrected chi connectivity index (χ3v) is 4.31. The van der Waals surface area contributed by atoms with E-state index in [9.17, 15) is 4.39 Å². The summed E-state index contributed by atoms with van der Waals surface area (Å²) in [5.41, 5.74) is 1.43. The first-order valence-corrected chi connectivity index (χ1v) is 7.69. The maximum atomic E-state index is 13.4. The van der Waals surface area contributed by atoms with Crippen LogP contribution in [0.1, 0.15) is 12.7 Å². The largest absolute Gasteiger partial charge is 0.326 e. The molecule has 18 heavy (non-hydrogen) atoms. The molecule has 1 atom stereocenters. The van der Waals surface area contributed by atoms with Crippen LogP contribution >= 0.6 is 35.0 Å². The molecule has 98 valence electrons. The van der Waals surface area contributed by atoms with Crippen molar-refractivity contribution in [3.63, 3.8) is 0 Å². The number of rotatable bonds is 4. The first-order chi connectivity index (χ1) is 8.56. The first kappa shape index (κ1) is 14.0. The minimum absolute atomic E-state index is 0.113. The summed E-state index contributed by atoms with van der Waals surface area (Å²) in [5, 5.41) is 0.537. The average Bonchev–Trinajstić information content (AvgIpc) is 2.67. The zero-order chi connectivity index (χ0) is 13.3. The molecule has 2 nitrogen and oxygen atoms in total. The molecule has 2 rings (SSSR count). The predicted molar refractivity (Wildman–Crippen MR) is 77.2 cm³/mol. The van der Waals surface area contributed by atoms with Gasteiger partial charge in [0.15, 0.2) is 0 Å². The maximum Gasteiger partial charge on any atom is 0.144 e. The van der Waals surface area contributed by atoms with E-state index in [1.807, 2.05) is 4.57 Å². The number of imidazole rings is 1. The normalized spacial score (nSPS) is 13.2. The number of halogens is 3. The predicted octanol–water partition coefficient (Wildman–Crippen LogP) is 4.32. The molecule has 0 saturated heterocycles. The van der Waals surface area contributed by atoms with Crippen LogP contribution in [0.5, 0.6) is 0 Å². The zero-order valence-electron chi connectivity index (χ0n) is 10.1. The Balaban J connectivity index is 2.57. The van der Waals surface area contributed by atoms with Crippen LogP contribution in [0.25, 0.3) is 11.0 Å². The fourth-order valence-corrected chi connectivity index (χ4v) is 2.47. The molecular weight excluding hydrogens is 294 g/mol. The van der Waals surface area contributed by atoms with Gasteiger partial charge in [0.2, 0.25) is 0 Å². The fourth-order valence-electron chi connectivity index (χ4n) is 1.81. The van der Waals surface area contributed by atoms with E-state index in [1.165, 1.54) is 6.07 Å². The van der Waals surface area contributed by atoms with Gasteiger partial charge in [0.25, 0.3) is 0 Å². The van der Waals surface area contributed by atoms with E-state index in [0.717, 1.165) is 17.9 Å². The number of aromatic nitrogens is 2. The molecule has 2 aromatic rings. The van der Waals surface area contributed by atoms with E-state index in [4.69, 9.17) is 23.2 Å². The highest BCUT2D eigenvalue weighted by atomic mass is 35.5. The topological polar surface area (TPSA) is 17.8 Å². The second-order valence-corrected chi connectivity index (χ2v) is 6.02. The van der Waals surface area contributed by atoms with Gasteiger partial charge < -0.3 is 4.57 Å². The van der Waals surface area contributed by atoms with Gasteiger partial charge in [-0.05, 0) is 12.3 Å². The van der Waals surface area contributed by atoms with E-state index in [-0.39, 0.29) is 5.02 Å². The van der Waals surface area contributed by atoms with Gasteiger partial charge in [-0.2, -0.15) is 11.8 Å². The molecule has 6 heteroatoms. The molecule has 0 fully saturated rings. The second kappa shape index (κ2) is 5.68. The van der Waals surface area contributed by atoms with Crippen molar-refractivity contribution in [1.82, 2.24) is 9.55 Å². The molecule has 0 radical (unpaired) electrons. The van der Waals surface area contributed by atoms with E-state index < -0.39 is 5.82 Å². The number of fused-ring (bicyclic) bond motifs is 1. The molecule has 0 aliphatic carbocycles. The SMILES string of the molecule is CSC(C)Cn1c(CCl)nc2cc(F)c(Cl)cc21. The van der Waals surface area contributed by atoms with Crippen molar-refractivity contribution in [2.45, 2.75) is 24.6 Å². The molecule has 0 bridgehead atoms. The molecule has 0 aliphatic rings. The zero-order valence-corrected chi connectivity index (χ0v) is 12.4. The third-order valence-electron chi connectivity index (χ3n) is 2.83. The maximum absolute atomic E-state index is 13.4. The van der Waals surface area contributed by atoms with E-state index in [2.05, 4.69) is 18.2 Å². The van der Waals surface area contributed by atoms with Crippen LogP contribution < -0.4 is 0 Å². The number of thioether (sulfide) groups is 1. The van der Waals surface area contributed by atoms with Gasteiger partial charge in [0.05, 0.1) is 21.9 Å². The summed E-state index contributed by atoms with van der Waals surface area (Å²) in [7, 11) is 0. The van der Waals surface area contributed by atoms with Crippen LogP contribution in [-0.4, -0.2) is 21.1 Å². The van der Waals surface area contributed by atoms with Crippen LogP contribution in [0.4, 0.5) is 4.39 Å². The lowest BCUT2D eigenvalue weighted by Crippen LogP contribution is -2.11. The number of alkyl halides is 1. The van der Waals surface area contributed by atoms with Gasteiger partial charge in [-0.25, -0.2) is 9.37 Å². The van der Waals surface area contributed by atoms with Crippen molar-refractivity contribution in [3.05, 3.63) is 28.8 Å². The summed E-state index contributed by atoms with van der Waals surface area (Å²) < 4.78 is 15.4. The second-order valence-electron chi connectivity index (χ2n) is 4.07. The highest BCUT2D eigenvalue weighted by Crippen LogP contribution is 2.25. The lowest BCUT2D eigenvalue weighted by atomic mass is 10.3. The lowest BCUT2D eigenvalue weighted by molar-refractivity contribution is 0.629. The molecule has 0 amide bonds. The van der Waals surface area contributed by atoms with Crippen LogP contribution in [0.3, 0.4) is 0 Å². The van der Waals surface area contributed by atoms with E-state index in [1.54, 1.807) is 17.8 Å². The smallest absolute Gasteiger partial charge is 0.144 e. The molecule has 1 unspecified atom stereocenters. The van der Waals surface area contributed by atoms with Gasteiger partial charge in [-0.15, -0.1) is 11.6 Å². The molecular formula is C12H13Cl2FN2S. The summed E-state index contributed by atoms with van der Waals surface area (Å²) in [6.45, 7) is 2.90. The Bertz CT molecular complexity index is 571. The molecule has 0 N–H and O–H groups in total. The highest BCUT2D eigenvalue weighted by molar-refractivity contribution is 7.99. The molecule has 1 heterocycles.